The molecule has 1 aliphatic rings. The van der Waals surface area contributed by atoms with Crippen LogP contribution in [0.4, 0.5) is 4.79 Å². The van der Waals surface area contributed by atoms with Crippen LogP contribution >= 0.6 is 23.2 Å². The summed E-state index contributed by atoms with van der Waals surface area (Å²) in [4.78, 5) is 47.0. The Bertz CT molecular complexity index is 1240. The summed E-state index contributed by atoms with van der Waals surface area (Å²) in [6.07, 6.45) is 6.95. The monoisotopic (exact) mass is 701 g/mol. The zero-order valence-electron chi connectivity index (χ0n) is 26.5. The molecule has 0 radical (unpaired) electrons. The molecule has 0 aromatic carbocycles. The van der Waals surface area contributed by atoms with E-state index in [9.17, 15) is 39.6 Å². The van der Waals surface area contributed by atoms with Crippen LogP contribution in [0.5, 0.6) is 0 Å². The molecule has 14 heteroatoms. The van der Waals surface area contributed by atoms with Gasteiger partial charge in [0.05, 0.1) is 24.2 Å². The summed E-state index contributed by atoms with van der Waals surface area (Å²) in [5.41, 5.74) is 5.83. The van der Waals surface area contributed by atoms with E-state index in [0.29, 0.717) is 12.8 Å². The Hall–Kier alpha value is -3.26. The minimum Gasteiger partial charge on any atom is -0.481 e. The topological polar surface area (TPSA) is 214 Å². The molecule has 1 fully saturated rings. The lowest BCUT2D eigenvalue weighted by molar-refractivity contribution is -0.159. The number of carbonyl (C=O) groups excluding carboxylic acids is 3. The van der Waals surface area contributed by atoms with E-state index < -0.39 is 84.1 Å². The molecule has 0 aromatic heterocycles. The number of hydrogen-bond acceptors (Lipinski definition) is 10. The van der Waals surface area contributed by atoms with E-state index >= 15 is 0 Å². The molecular formula is C33H45Cl2NO11. The smallest absolute Gasteiger partial charge is 0.405 e. The summed E-state index contributed by atoms with van der Waals surface area (Å²) in [5, 5.41) is 49.4. The van der Waals surface area contributed by atoms with Gasteiger partial charge in [-0.3, -0.25) is 9.59 Å². The van der Waals surface area contributed by atoms with Gasteiger partial charge in [0, 0.05) is 29.9 Å². The number of ketones is 1. The van der Waals surface area contributed by atoms with Crippen molar-refractivity contribution in [1.29, 1.82) is 0 Å². The van der Waals surface area contributed by atoms with Crippen LogP contribution in [-0.4, -0.2) is 91.3 Å². The normalized spacial score (nSPS) is 23.5. The third kappa shape index (κ3) is 15.5. The molecule has 1 rings (SSSR count). The summed E-state index contributed by atoms with van der Waals surface area (Å²) in [7, 11) is 0. The average molecular weight is 703 g/mol. The number of carboxylic acids is 1. The minimum atomic E-state index is -1.89. The van der Waals surface area contributed by atoms with E-state index in [4.69, 9.17) is 43.5 Å². The molecule has 7 N–H and O–H groups in total. The SMILES string of the molecule is CC/C=C/[C@@H](OC(N)=O)[C@@H](Cl)[C@H](O)CC(=O)C(O)C(O)[C@H](C)/C(Cl)=C/C=C/C=C(C)/C=C/C=C/C(=O)O[C@@H]1C[C@@H](C(=O)O)CC[C@@H]1O. The van der Waals surface area contributed by atoms with Crippen LogP contribution in [0.3, 0.4) is 0 Å². The summed E-state index contributed by atoms with van der Waals surface area (Å²) in [6, 6.07) is 0. The fraction of sp³-hybridized carbons (Fsp3) is 0.515. The van der Waals surface area contributed by atoms with Gasteiger partial charge in [-0.15, -0.1) is 11.6 Å². The summed E-state index contributed by atoms with van der Waals surface area (Å²) >= 11 is 12.5. The molecule has 2 unspecified atom stereocenters. The molecule has 0 bridgehead atoms. The number of Topliss-reactive ketones (excluding diaryl/α,β-unsaturated/α-hetero) is 1. The first kappa shape index (κ1) is 41.8. The number of nitrogens with two attached hydrogens (primary N) is 1. The lowest BCUT2D eigenvalue weighted by Gasteiger charge is -2.30. The first-order valence-corrected chi connectivity index (χ1v) is 15.9. The predicted octanol–water partition coefficient (Wildman–Crippen LogP) is 3.60. The van der Waals surface area contributed by atoms with Crippen molar-refractivity contribution in [3.63, 3.8) is 0 Å². The molecular weight excluding hydrogens is 657 g/mol. The number of allylic oxidation sites excluding steroid dienone is 9. The molecule has 47 heavy (non-hydrogen) atoms. The molecule has 1 saturated carbocycles. The number of carbonyl (C=O) groups is 4. The van der Waals surface area contributed by atoms with Gasteiger partial charge < -0.3 is 40.7 Å². The highest BCUT2D eigenvalue weighted by atomic mass is 35.5. The molecule has 12 nitrogen and oxygen atoms in total. The molecule has 0 heterocycles. The maximum atomic E-state index is 12.6. The van der Waals surface area contributed by atoms with Crippen molar-refractivity contribution in [2.24, 2.45) is 17.6 Å². The quantitative estimate of drug-likeness (QED) is 0.0399. The van der Waals surface area contributed by atoms with Gasteiger partial charge in [0.15, 0.2) is 5.78 Å². The van der Waals surface area contributed by atoms with Crippen molar-refractivity contribution >= 4 is 47.0 Å². The number of aliphatic hydroxyl groups is 4. The Morgan fingerprint density at radius 1 is 1.02 bits per heavy atom. The van der Waals surface area contributed by atoms with Crippen molar-refractivity contribution in [1.82, 2.24) is 0 Å². The van der Waals surface area contributed by atoms with Crippen LogP contribution in [0, 0.1) is 11.8 Å². The molecule has 0 saturated heterocycles. The van der Waals surface area contributed by atoms with Gasteiger partial charge in [-0.2, -0.15) is 0 Å². The number of aliphatic carboxylic acids is 1. The second-order valence-corrected chi connectivity index (χ2v) is 12.0. The third-order valence-electron chi connectivity index (χ3n) is 7.31. The maximum absolute atomic E-state index is 12.6. The second-order valence-electron chi connectivity index (χ2n) is 11.1. The minimum absolute atomic E-state index is 0.0584. The Labute approximate surface area is 284 Å². The number of halogens is 2. The molecule has 1 amide bonds. The highest BCUT2D eigenvalue weighted by Gasteiger charge is 2.36. The Morgan fingerprint density at radius 3 is 2.28 bits per heavy atom. The number of primary amides is 1. The zero-order chi connectivity index (χ0) is 35.7. The van der Waals surface area contributed by atoms with E-state index in [1.807, 2.05) is 6.92 Å². The number of aliphatic hydroxyl groups excluding tert-OH is 4. The summed E-state index contributed by atoms with van der Waals surface area (Å²) < 4.78 is 10.1. The van der Waals surface area contributed by atoms with Crippen LogP contribution < -0.4 is 5.73 Å². The van der Waals surface area contributed by atoms with E-state index in [0.717, 1.165) is 5.57 Å². The number of esters is 1. The van der Waals surface area contributed by atoms with Crippen molar-refractivity contribution in [3.8, 4) is 0 Å². The predicted molar refractivity (Wildman–Crippen MR) is 176 cm³/mol. The molecule has 9 atom stereocenters. The number of ether oxygens (including phenoxy) is 2. The fourth-order valence-electron chi connectivity index (χ4n) is 4.46. The highest BCUT2D eigenvalue weighted by molar-refractivity contribution is 6.30. The van der Waals surface area contributed by atoms with E-state index in [2.05, 4.69) is 0 Å². The number of amides is 1. The molecule has 0 spiro atoms. The average Bonchev–Trinajstić information content (AvgIpc) is 3.02. The lowest BCUT2D eigenvalue weighted by Crippen LogP contribution is -2.43. The van der Waals surface area contributed by atoms with Crippen molar-refractivity contribution < 1.29 is 54.2 Å². The van der Waals surface area contributed by atoms with Gasteiger partial charge in [0.25, 0.3) is 0 Å². The van der Waals surface area contributed by atoms with Crippen LogP contribution in [0.15, 0.2) is 71.4 Å². The van der Waals surface area contributed by atoms with Gasteiger partial charge in [-0.1, -0.05) is 73.6 Å². The lowest BCUT2D eigenvalue weighted by atomic mass is 9.85. The molecule has 0 aliphatic heterocycles. The van der Waals surface area contributed by atoms with Crippen molar-refractivity contribution in [2.45, 2.75) is 94.9 Å². The van der Waals surface area contributed by atoms with Crippen molar-refractivity contribution in [2.75, 3.05) is 0 Å². The first-order valence-electron chi connectivity index (χ1n) is 15.1. The van der Waals surface area contributed by atoms with E-state index in [-0.39, 0.29) is 17.9 Å². The van der Waals surface area contributed by atoms with Gasteiger partial charge in [-0.25, -0.2) is 9.59 Å². The number of alkyl halides is 1. The Morgan fingerprint density at radius 2 is 1.66 bits per heavy atom. The highest BCUT2D eigenvalue weighted by Crippen LogP contribution is 2.27. The van der Waals surface area contributed by atoms with Crippen molar-refractivity contribution in [3.05, 3.63) is 71.4 Å². The van der Waals surface area contributed by atoms with Crippen LogP contribution in [-0.2, 0) is 23.9 Å². The molecule has 1 aliphatic carbocycles. The molecule has 0 aromatic rings. The maximum Gasteiger partial charge on any atom is 0.405 e. The van der Waals surface area contributed by atoms with E-state index in [1.54, 1.807) is 43.4 Å². The fourth-order valence-corrected chi connectivity index (χ4v) is 4.88. The zero-order valence-corrected chi connectivity index (χ0v) is 28.0. The number of rotatable bonds is 18. The standard InChI is InChI=1S/C33H45Cl2NO11/c1-4-5-13-26(47-33(36)45)29(35)24(38)18-25(39)31(42)30(41)20(3)22(34)12-8-6-10-19(2)11-7-9-14-28(40)46-27-17-21(32(43)44)15-16-23(27)37/h5-14,20-21,23-24,26-27,29-31,37-38,41-42H,4,15-18H2,1-3H3,(H2,36,45)(H,43,44)/b8-6+,11-7+,13-5+,14-9+,19-10+,22-12-/t20-,21+,23+,24-,26-,27-,29+,30?,31?/m1/s1. The van der Waals surface area contributed by atoms with Crippen LogP contribution in [0.1, 0.15) is 52.9 Å². The Balaban J connectivity index is 2.66. The van der Waals surface area contributed by atoms with Crippen LogP contribution in [0.2, 0.25) is 0 Å². The van der Waals surface area contributed by atoms with Gasteiger partial charge in [0.1, 0.15) is 23.7 Å². The number of hydrogen-bond donors (Lipinski definition) is 6. The van der Waals surface area contributed by atoms with Gasteiger partial charge in [0.2, 0.25) is 0 Å². The van der Waals surface area contributed by atoms with Gasteiger partial charge >= 0.3 is 18.0 Å². The van der Waals surface area contributed by atoms with Gasteiger partial charge in [-0.05, 0) is 38.3 Å². The number of carboxylic acid groups (broad SMARTS) is 1. The second kappa shape index (κ2) is 21.6. The largest absolute Gasteiger partial charge is 0.481 e. The van der Waals surface area contributed by atoms with E-state index in [1.165, 1.54) is 31.2 Å². The molecule has 262 valence electrons. The third-order valence-corrected chi connectivity index (χ3v) is 8.32. The first-order chi connectivity index (χ1) is 22.1. The van der Waals surface area contributed by atoms with Crippen LogP contribution in [0.25, 0.3) is 0 Å². The summed E-state index contributed by atoms with van der Waals surface area (Å²) in [6.45, 7) is 5.12. The Kier molecular flexibility index (Phi) is 19.2. The summed E-state index contributed by atoms with van der Waals surface area (Å²) in [5.74, 6) is -4.10.